The lowest BCUT2D eigenvalue weighted by Crippen LogP contribution is -2.21. The van der Waals surface area contributed by atoms with Crippen LogP contribution >= 0.6 is 11.3 Å². The third-order valence-electron chi connectivity index (χ3n) is 3.32. The molecule has 0 saturated heterocycles. The van der Waals surface area contributed by atoms with E-state index in [9.17, 15) is 9.59 Å². The third kappa shape index (κ3) is 3.51. The van der Waals surface area contributed by atoms with Gasteiger partial charge >= 0.3 is 0 Å². The number of nitrogens with one attached hydrogen (secondary N) is 1. The van der Waals surface area contributed by atoms with Crippen LogP contribution in [0.2, 0.25) is 0 Å². The molecule has 6 heteroatoms. The summed E-state index contributed by atoms with van der Waals surface area (Å²) in [6.45, 7) is 3.61. The number of hydrogen-bond acceptors (Lipinski definition) is 4. The van der Waals surface area contributed by atoms with Crippen LogP contribution in [0, 0.1) is 6.92 Å². The summed E-state index contributed by atoms with van der Waals surface area (Å²) >= 11 is 1.20. The number of carbonyl (C=O) groups is 2. The van der Waals surface area contributed by atoms with Crippen molar-refractivity contribution in [1.29, 1.82) is 0 Å². The molecular formula is C16H19N3O2S. The van der Waals surface area contributed by atoms with Crippen molar-refractivity contribution < 1.29 is 9.59 Å². The zero-order valence-electron chi connectivity index (χ0n) is 13.1. The number of thiazole rings is 1. The van der Waals surface area contributed by atoms with Gasteiger partial charge in [-0.3, -0.25) is 9.59 Å². The van der Waals surface area contributed by atoms with Crippen molar-refractivity contribution in [3.8, 4) is 0 Å². The standard InChI is InChI=1S/C16H19N3O2S/c1-10(12-8-6-5-7-9-12)14(20)18-16-17-11(2)13(22-16)15(21)19(3)4/h5-10H,1-4H3,(H,17,18,20)/t10-/m0/s1. The molecule has 5 nitrogen and oxygen atoms in total. The van der Waals surface area contributed by atoms with E-state index in [2.05, 4.69) is 10.3 Å². The summed E-state index contributed by atoms with van der Waals surface area (Å²) in [5, 5.41) is 3.25. The Hall–Kier alpha value is -2.21. The van der Waals surface area contributed by atoms with Crippen LogP contribution < -0.4 is 5.32 Å². The molecule has 2 aromatic rings. The normalized spacial score (nSPS) is 11.8. The van der Waals surface area contributed by atoms with Crippen molar-refractivity contribution in [3.05, 3.63) is 46.5 Å². The highest BCUT2D eigenvalue weighted by atomic mass is 32.1. The molecule has 1 atom stereocenters. The second kappa shape index (κ2) is 6.70. The molecule has 0 aliphatic rings. The van der Waals surface area contributed by atoms with Crippen molar-refractivity contribution >= 4 is 28.3 Å². The summed E-state index contributed by atoms with van der Waals surface area (Å²) in [6.07, 6.45) is 0. The first-order valence-corrected chi connectivity index (χ1v) is 7.76. The van der Waals surface area contributed by atoms with Crippen LogP contribution in [-0.2, 0) is 4.79 Å². The van der Waals surface area contributed by atoms with Gasteiger partial charge in [0.15, 0.2) is 5.13 Å². The fourth-order valence-corrected chi connectivity index (χ4v) is 2.95. The molecule has 0 aliphatic heterocycles. The maximum absolute atomic E-state index is 12.3. The van der Waals surface area contributed by atoms with Gasteiger partial charge in [-0.15, -0.1) is 0 Å². The number of rotatable bonds is 4. The number of benzene rings is 1. The Morgan fingerprint density at radius 2 is 1.86 bits per heavy atom. The summed E-state index contributed by atoms with van der Waals surface area (Å²) in [4.78, 5) is 30.6. The molecule has 2 amide bonds. The Balaban J connectivity index is 2.13. The molecule has 0 saturated carbocycles. The third-order valence-corrected chi connectivity index (χ3v) is 4.38. The number of amides is 2. The predicted molar refractivity (Wildman–Crippen MR) is 88.4 cm³/mol. The maximum Gasteiger partial charge on any atom is 0.265 e. The molecule has 0 fully saturated rings. The van der Waals surface area contributed by atoms with Gasteiger partial charge in [0.05, 0.1) is 11.6 Å². The van der Waals surface area contributed by atoms with Crippen LogP contribution in [0.4, 0.5) is 5.13 Å². The summed E-state index contributed by atoms with van der Waals surface area (Å²) in [6, 6.07) is 9.55. The van der Waals surface area contributed by atoms with Crippen molar-refractivity contribution in [1.82, 2.24) is 9.88 Å². The molecule has 0 radical (unpaired) electrons. The van der Waals surface area contributed by atoms with E-state index in [1.807, 2.05) is 37.3 Å². The number of aryl methyl sites for hydroxylation is 1. The van der Waals surface area contributed by atoms with E-state index in [1.54, 1.807) is 21.0 Å². The van der Waals surface area contributed by atoms with Crippen LogP contribution in [0.25, 0.3) is 0 Å². The first-order valence-electron chi connectivity index (χ1n) is 6.95. The van der Waals surface area contributed by atoms with E-state index in [0.29, 0.717) is 15.7 Å². The molecule has 0 bridgehead atoms. The van der Waals surface area contributed by atoms with E-state index in [4.69, 9.17) is 0 Å². The molecule has 22 heavy (non-hydrogen) atoms. The van der Waals surface area contributed by atoms with Crippen molar-refractivity contribution in [3.63, 3.8) is 0 Å². The van der Waals surface area contributed by atoms with Crippen LogP contribution in [0.3, 0.4) is 0 Å². The number of nitrogens with zero attached hydrogens (tertiary/aromatic N) is 2. The average molecular weight is 317 g/mol. The lowest BCUT2D eigenvalue weighted by molar-refractivity contribution is -0.117. The van der Waals surface area contributed by atoms with Crippen LogP contribution in [0.15, 0.2) is 30.3 Å². The zero-order valence-corrected chi connectivity index (χ0v) is 13.9. The van der Waals surface area contributed by atoms with E-state index in [0.717, 1.165) is 5.56 Å². The van der Waals surface area contributed by atoms with Crippen molar-refractivity contribution in [2.24, 2.45) is 0 Å². The smallest absolute Gasteiger partial charge is 0.265 e. The van der Waals surface area contributed by atoms with Crippen molar-refractivity contribution in [2.45, 2.75) is 19.8 Å². The minimum Gasteiger partial charge on any atom is -0.344 e. The lowest BCUT2D eigenvalue weighted by atomic mass is 10.0. The molecular weight excluding hydrogens is 298 g/mol. The van der Waals surface area contributed by atoms with Crippen molar-refractivity contribution in [2.75, 3.05) is 19.4 Å². The van der Waals surface area contributed by atoms with Gasteiger partial charge in [0.25, 0.3) is 5.91 Å². The highest BCUT2D eigenvalue weighted by molar-refractivity contribution is 7.17. The molecule has 1 aromatic carbocycles. The second-order valence-corrected chi connectivity index (χ2v) is 6.25. The minimum atomic E-state index is -0.279. The van der Waals surface area contributed by atoms with Gasteiger partial charge in [0, 0.05) is 14.1 Å². The molecule has 0 aliphatic carbocycles. The topological polar surface area (TPSA) is 62.3 Å². The van der Waals surface area contributed by atoms with Gasteiger partial charge in [-0.2, -0.15) is 0 Å². The molecule has 0 spiro atoms. The minimum absolute atomic E-state index is 0.105. The molecule has 1 aromatic heterocycles. The van der Waals surface area contributed by atoms with Gasteiger partial charge in [-0.05, 0) is 19.4 Å². The highest BCUT2D eigenvalue weighted by Gasteiger charge is 2.20. The van der Waals surface area contributed by atoms with Gasteiger partial charge in [-0.1, -0.05) is 41.7 Å². The number of aromatic nitrogens is 1. The Morgan fingerprint density at radius 3 is 2.45 bits per heavy atom. The number of hydrogen-bond donors (Lipinski definition) is 1. The lowest BCUT2D eigenvalue weighted by Gasteiger charge is -2.10. The average Bonchev–Trinajstić information content (AvgIpc) is 2.86. The van der Waals surface area contributed by atoms with Gasteiger partial charge in [-0.25, -0.2) is 4.98 Å². The SMILES string of the molecule is Cc1nc(NC(=O)[C@@H](C)c2ccccc2)sc1C(=O)N(C)C. The highest BCUT2D eigenvalue weighted by Crippen LogP contribution is 2.25. The predicted octanol–water partition coefficient (Wildman–Crippen LogP) is 2.90. The van der Waals surface area contributed by atoms with Gasteiger partial charge in [0.1, 0.15) is 4.88 Å². The number of carbonyl (C=O) groups excluding carboxylic acids is 2. The summed E-state index contributed by atoms with van der Waals surface area (Å²) < 4.78 is 0. The van der Waals surface area contributed by atoms with E-state index in [1.165, 1.54) is 16.2 Å². The summed E-state index contributed by atoms with van der Waals surface area (Å²) in [5.41, 5.74) is 1.57. The van der Waals surface area contributed by atoms with Gasteiger partial charge < -0.3 is 10.2 Å². The fraction of sp³-hybridized carbons (Fsp3) is 0.312. The first kappa shape index (κ1) is 16.2. The second-order valence-electron chi connectivity index (χ2n) is 5.25. The Morgan fingerprint density at radius 1 is 1.23 bits per heavy atom. The quantitative estimate of drug-likeness (QED) is 0.943. The molecule has 116 valence electrons. The van der Waals surface area contributed by atoms with Crippen LogP contribution in [-0.4, -0.2) is 35.8 Å². The zero-order chi connectivity index (χ0) is 16.3. The summed E-state index contributed by atoms with van der Waals surface area (Å²) in [5.74, 6) is -0.520. The Kier molecular flexibility index (Phi) is 4.92. The largest absolute Gasteiger partial charge is 0.344 e. The van der Waals surface area contributed by atoms with Gasteiger partial charge in [0.2, 0.25) is 5.91 Å². The van der Waals surface area contributed by atoms with E-state index >= 15 is 0 Å². The molecule has 1 N–H and O–H groups in total. The van der Waals surface area contributed by atoms with E-state index in [-0.39, 0.29) is 17.7 Å². The fourth-order valence-electron chi connectivity index (χ4n) is 1.96. The number of anilines is 1. The molecule has 2 rings (SSSR count). The van der Waals surface area contributed by atoms with Crippen LogP contribution in [0.5, 0.6) is 0 Å². The Labute approximate surface area is 134 Å². The molecule has 0 unspecified atom stereocenters. The first-order chi connectivity index (χ1) is 10.4. The monoisotopic (exact) mass is 317 g/mol. The maximum atomic E-state index is 12.3. The Bertz CT molecular complexity index is 680. The van der Waals surface area contributed by atoms with Crippen LogP contribution in [0.1, 0.15) is 33.8 Å². The summed E-state index contributed by atoms with van der Waals surface area (Å²) in [7, 11) is 3.38. The molecule has 1 heterocycles. The van der Waals surface area contributed by atoms with E-state index < -0.39 is 0 Å².